The molecule has 0 aromatic carbocycles. The third-order valence-corrected chi connectivity index (χ3v) is 3.90. The van der Waals surface area contributed by atoms with Crippen molar-refractivity contribution in [1.82, 2.24) is 10.3 Å². The summed E-state index contributed by atoms with van der Waals surface area (Å²) in [6.45, 7) is -0.00348. The van der Waals surface area contributed by atoms with E-state index in [2.05, 4.69) is 15.6 Å². The molecule has 0 radical (unpaired) electrons. The minimum absolute atomic E-state index is 0.00348. The number of rotatable bonds is 5. The van der Waals surface area contributed by atoms with Crippen LogP contribution in [0.3, 0.4) is 0 Å². The molecule has 0 spiro atoms. The molecule has 0 aliphatic rings. The number of carbonyl (C=O) groups is 1. The van der Waals surface area contributed by atoms with E-state index in [0.717, 1.165) is 4.88 Å². The number of aliphatic hydroxyl groups is 1. The van der Waals surface area contributed by atoms with Gasteiger partial charge in [-0.25, -0.2) is 9.78 Å². The number of hydrogen-bond acceptors (Lipinski definition) is 4. The van der Waals surface area contributed by atoms with Crippen LogP contribution in [-0.2, 0) is 0 Å². The zero-order valence-corrected chi connectivity index (χ0v) is 12.1. The van der Waals surface area contributed by atoms with Crippen molar-refractivity contribution < 1.29 is 9.90 Å². The first-order valence-corrected chi connectivity index (χ1v) is 7.28. The smallest absolute Gasteiger partial charge is 0.319 e. The van der Waals surface area contributed by atoms with Crippen molar-refractivity contribution in [2.24, 2.45) is 0 Å². The van der Waals surface area contributed by atoms with Gasteiger partial charge in [-0.3, -0.25) is 0 Å². The monoisotopic (exact) mass is 311 g/mol. The highest BCUT2D eigenvalue weighted by molar-refractivity contribution is 7.10. The first kappa shape index (κ1) is 14.8. The molecule has 1 unspecified atom stereocenters. The second-order valence-electron chi connectivity index (χ2n) is 4.02. The van der Waals surface area contributed by atoms with Crippen LogP contribution in [0.4, 0.5) is 10.5 Å². The van der Waals surface area contributed by atoms with Gasteiger partial charge in [-0.1, -0.05) is 17.7 Å². The van der Waals surface area contributed by atoms with E-state index >= 15 is 0 Å². The van der Waals surface area contributed by atoms with Gasteiger partial charge in [-0.2, -0.15) is 0 Å². The summed E-state index contributed by atoms with van der Waals surface area (Å²) in [6.07, 6.45) is 2.00. The van der Waals surface area contributed by atoms with Gasteiger partial charge in [0.1, 0.15) is 0 Å². The predicted octanol–water partition coefficient (Wildman–Crippen LogP) is 3.04. The lowest BCUT2D eigenvalue weighted by atomic mass is 10.2. The van der Waals surface area contributed by atoms with Crippen LogP contribution < -0.4 is 10.6 Å². The van der Waals surface area contributed by atoms with Crippen LogP contribution >= 0.6 is 22.9 Å². The second-order valence-corrected chi connectivity index (χ2v) is 5.36. The third kappa shape index (κ3) is 3.93. The predicted molar refractivity (Wildman–Crippen MR) is 80.2 cm³/mol. The van der Waals surface area contributed by atoms with Crippen molar-refractivity contribution in [3.63, 3.8) is 0 Å². The van der Waals surface area contributed by atoms with Crippen LogP contribution in [0.15, 0.2) is 35.8 Å². The van der Waals surface area contributed by atoms with Crippen molar-refractivity contribution in [3.8, 4) is 0 Å². The van der Waals surface area contributed by atoms with E-state index in [1.165, 1.54) is 11.3 Å². The summed E-state index contributed by atoms with van der Waals surface area (Å²) < 4.78 is 0. The van der Waals surface area contributed by atoms with Gasteiger partial charge in [-0.15, -0.1) is 11.3 Å². The topological polar surface area (TPSA) is 74.2 Å². The minimum Gasteiger partial charge on any atom is -0.396 e. The van der Waals surface area contributed by atoms with Gasteiger partial charge in [0, 0.05) is 17.7 Å². The number of halogens is 1. The van der Waals surface area contributed by atoms with Crippen LogP contribution in [0.2, 0.25) is 5.15 Å². The van der Waals surface area contributed by atoms with E-state index in [4.69, 9.17) is 16.7 Å². The Hall–Kier alpha value is -1.63. The summed E-state index contributed by atoms with van der Waals surface area (Å²) in [5, 5.41) is 16.7. The highest BCUT2D eigenvalue weighted by Gasteiger charge is 2.15. The number of amides is 2. The Kier molecular flexibility index (Phi) is 5.34. The van der Waals surface area contributed by atoms with Gasteiger partial charge >= 0.3 is 6.03 Å². The Morgan fingerprint density at radius 1 is 1.45 bits per heavy atom. The quantitative estimate of drug-likeness (QED) is 0.743. The highest BCUT2D eigenvalue weighted by Crippen LogP contribution is 2.22. The molecule has 2 rings (SSSR count). The van der Waals surface area contributed by atoms with E-state index in [1.807, 2.05) is 17.5 Å². The van der Waals surface area contributed by atoms with E-state index < -0.39 is 0 Å². The first-order chi connectivity index (χ1) is 9.70. The number of nitrogens with one attached hydrogen (secondary N) is 2. The van der Waals surface area contributed by atoms with Gasteiger partial charge in [0.2, 0.25) is 0 Å². The van der Waals surface area contributed by atoms with E-state index in [-0.39, 0.29) is 23.8 Å². The molecule has 0 aliphatic carbocycles. The standard InChI is InChI=1S/C13H14ClN3O2S/c14-12-10(3-1-6-15-12)17-13(19)16-9(5-7-18)11-4-2-8-20-11/h1-4,6,8-9,18H,5,7H2,(H2,16,17,19). The number of nitrogens with zero attached hydrogens (tertiary/aromatic N) is 1. The number of aliphatic hydroxyl groups excluding tert-OH is 1. The minimum atomic E-state index is -0.383. The van der Waals surface area contributed by atoms with Crippen LogP contribution in [0.25, 0.3) is 0 Å². The molecule has 2 heterocycles. The zero-order valence-electron chi connectivity index (χ0n) is 10.5. The Morgan fingerprint density at radius 2 is 2.30 bits per heavy atom. The van der Waals surface area contributed by atoms with Crippen molar-refractivity contribution in [2.75, 3.05) is 11.9 Å². The number of urea groups is 1. The number of anilines is 1. The van der Waals surface area contributed by atoms with Gasteiger partial charge in [-0.05, 0) is 30.0 Å². The largest absolute Gasteiger partial charge is 0.396 e. The lowest BCUT2D eigenvalue weighted by Crippen LogP contribution is -2.32. The molecular formula is C13H14ClN3O2S. The molecule has 2 amide bonds. The molecular weight excluding hydrogens is 298 g/mol. The Labute approximate surface area is 125 Å². The van der Waals surface area contributed by atoms with Crippen molar-refractivity contribution in [2.45, 2.75) is 12.5 Å². The molecule has 20 heavy (non-hydrogen) atoms. The Morgan fingerprint density at radius 3 is 2.95 bits per heavy atom. The summed E-state index contributed by atoms with van der Waals surface area (Å²) in [6, 6.07) is 6.57. The fraction of sp³-hybridized carbons (Fsp3) is 0.231. The number of carbonyl (C=O) groups excluding carboxylic acids is 1. The molecule has 5 nitrogen and oxygen atoms in total. The molecule has 0 bridgehead atoms. The Balaban J connectivity index is 2.00. The zero-order chi connectivity index (χ0) is 14.4. The van der Waals surface area contributed by atoms with Crippen LogP contribution in [0, 0.1) is 0 Å². The van der Waals surface area contributed by atoms with Gasteiger partial charge < -0.3 is 15.7 Å². The summed E-state index contributed by atoms with van der Waals surface area (Å²) in [5.41, 5.74) is 0.445. The Bertz CT molecular complexity index is 563. The van der Waals surface area contributed by atoms with Crippen molar-refractivity contribution >= 4 is 34.7 Å². The molecule has 2 aromatic heterocycles. The summed E-state index contributed by atoms with van der Waals surface area (Å²) in [4.78, 5) is 16.8. The van der Waals surface area contributed by atoms with Crippen molar-refractivity contribution in [3.05, 3.63) is 45.9 Å². The first-order valence-electron chi connectivity index (χ1n) is 6.03. The van der Waals surface area contributed by atoms with Gasteiger partial charge in [0.05, 0.1) is 11.7 Å². The maximum atomic E-state index is 12.0. The van der Waals surface area contributed by atoms with E-state index in [1.54, 1.807) is 18.3 Å². The van der Waals surface area contributed by atoms with Crippen molar-refractivity contribution in [1.29, 1.82) is 0 Å². The van der Waals surface area contributed by atoms with Gasteiger partial charge in [0.25, 0.3) is 0 Å². The molecule has 2 aromatic rings. The lowest BCUT2D eigenvalue weighted by Gasteiger charge is -2.17. The molecule has 1 atom stereocenters. The molecule has 0 aliphatic heterocycles. The normalized spacial score (nSPS) is 11.9. The molecule has 7 heteroatoms. The summed E-state index contributed by atoms with van der Waals surface area (Å²) >= 11 is 7.40. The summed E-state index contributed by atoms with van der Waals surface area (Å²) in [5.74, 6) is 0. The SMILES string of the molecule is O=C(Nc1cccnc1Cl)NC(CCO)c1cccs1. The maximum Gasteiger partial charge on any atom is 0.319 e. The lowest BCUT2D eigenvalue weighted by molar-refractivity contribution is 0.239. The van der Waals surface area contributed by atoms with Crippen LogP contribution in [0.1, 0.15) is 17.3 Å². The molecule has 0 fully saturated rings. The third-order valence-electron chi connectivity index (χ3n) is 2.62. The number of pyridine rings is 1. The van der Waals surface area contributed by atoms with E-state index in [0.29, 0.717) is 12.1 Å². The number of thiophene rings is 1. The van der Waals surface area contributed by atoms with E-state index in [9.17, 15) is 4.79 Å². The average molecular weight is 312 g/mol. The number of aromatic nitrogens is 1. The average Bonchev–Trinajstić information content (AvgIpc) is 2.95. The molecule has 3 N–H and O–H groups in total. The van der Waals surface area contributed by atoms with Crippen LogP contribution in [-0.4, -0.2) is 22.7 Å². The van der Waals surface area contributed by atoms with Gasteiger partial charge in [0.15, 0.2) is 5.15 Å². The second kappa shape index (κ2) is 7.23. The fourth-order valence-electron chi connectivity index (χ4n) is 1.70. The molecule has 106 valence electrons. The van der Waals surface area contributed by atoms with Crippen LogP contribution in [0.5, 0.6) is 0 Å². The summed E-state index contributed by atoms with van der Waals surface area (Å²) in [7, 11) is 0. The highest BCUT2D eigenvalue weighted by atomic mass is 35.5. The molecule has 0 saturated heterocycles. The fourth-order valence-corrected chi connectivity index (χ4v) is 2.68. The maximum absolute atomic E-state index is 12.0. The number of hydrogen-bond donors (Lipinski definition) is 3. The molecule has 0 saturated carbocycles.